The first-order chi connectivity index (χ1) is 15.0. The van der Waals surface area contributed by atoms with Crippen LogP contribution in [0.25, 0.3) is 27.5 Å². The molecule has 1 aliphatic rings. The Kier molecular flexibility index (Phi) is 4.60. The number of amides is 1. The second-order valence-corrected chi connectivity index (χ2v) is 7.60. The topological polar surface area (TPSA) is 84.3 Å². The molecule has 9 heteroatoms. The van der Waals surface area contributed by atoms with Crippen LogP contribution in [0.2, 0.25) is 0 Å². The summed E-state index contributed by atoms with van der Waals surface area (Å²) >= 11 is 0. The first-order valence-corrected chi connectivity index (χ1v) is 10.3. The summed E-state index contributed by atoms with van der Waals surface area (Å²) in [5.74, 6) is -0.824. The molecule has 1 amide bonds. The van der Waals surface area contributed by atoms with E-state index >= 15 is 4.39 Å². The lowest BCUT2D eigenvalue weighted by Crippen LogP contribution is -2.15. The molecule has 0 unspecified atom stereocenters. The lowest BCUT2D eigenvalue weighted by molar-refractivity contribution is -0.117. The summed E-state index contributed by atoms with van der Waals surface area (Å²) in [6.45, 7) is 4.04. The predicted octanol–water partition coefficient (Wildman–Crippen LogP) is 4.27. The first kappa shape index (κ1) is 19.5. The van der Waals surface area contributed by atoms with Gasteiger partial charge in [0.15, 0.2) is 17.4 Å². The second-order valence-electron chi connectivity index (χ2n) is 7.60. The second kappa shape index (κ2) is 7.33. The number of benzene rings is 1. The fourth-order valence-corrected chi connectivity index (χ4v) is 3.97. The third-order valence-electron chi connectivity index (χ3n) is 5.60. The minimum Gasteiger partial charge on any atom is -0.489 e. The zero-order chi connectivity index (χ0) is 21.7. The molecule has 7 nitrogen and oxygen atoms in total. The number of hydrogen-bond donors (Lipinski definition) is 2. The van der Waals surface area contributed by atoms with E-state index in [1.54, 1.807) is 23.0 Å². The van der Waals surface area contributed by atoms with E-state index in [0.717, 1.165) is 16.5 Å². The summed E-state index contributed by atoms with van der Waals surface area (Å²) < 4.78 is 35.6. The van der Waals surface area contributed by atoms with Crippen LogP contribution >= 0.6 is 0 Å². The largest absolute Gasteiger partial charge is 0.489 e. The number of hydrogen-bond acceptors (Lipinski definition) is 4. The summed E-state index contributed by atoms with van der Waals surface area (Å²) in [5.41, 5.74) is 3.30. The maximum Gasteiger partial charge on any atom is 0.231 e. The Morgan fingerprint density at radius 1 is 1.39 bits per heavy atom. The lowest BCUT2D eigenvalue weighted by atomic mass is 9.94. The number of pyridine rings is 1. The Morgan fingerprint density at radius 2 is 2.19 bits per heavy atom. The number of carbonyl (C=O) groups excluding carboxylic acids is 1. The Labute approximate surface area is 176 Å². The highest BCUT2D eigenvalue weighted by molar-refractivity contribution is 6.00. The third kappa shape index (κ3) is 3.20. The molecule has 1 fully saturated rings. The van der Waals surface area contributed by atoms with Crippen LogP contribution in [-0.2, 0) is 11.2 Å². The van der Waals surface area contributed by atoms with E-state index in [0.29, 0.717) is 35.4 Å². The molecule has 2 N–H and O–H groups in total. The van der Waals surface area contributed by atoms with Gasteiger partial charge in [-0.25, -0.2) is 13.3 Å². The molecule has 2 atom stereocenters. The molecule has 1 aliphatic carbocycles. The number of nitrogens with zero attached hydrogens (tertiary/aromatic N) is 3. The average molecular weight is 425 g/mol. The van der Waals surface area contributed by atoms with Crippen molar-refractivity contribution in [1.29, 1.82) is 0 Å². The van der Waals surface area contributed by atoms with Gasteiger partial charge in [0.25, 0.3) is 0 Å². The Bertz CT molecular complexity index is 1310. The van der Waals surface area contributed by atoms with E-state index in [4.69, 9.17) is 4.74 Å². The number of H-pyrrole nitrogens is 1. The monoisotopic (exact) mass is 425 g/mol. The van der Waals surface area contributed by atoms with Gasteiger partial charge in [-0.2, -0.15) is 10.2 Å². The van der Waals surface area contributed by atoms with Gasteiger partial charge in [0, 0.05) is 23.2 Å². The molecule has 3 heterocycles. The SMILES string of the molecule is CCOc1c(F)c(CC)c(-c2ccn3nc(NC(=O)[C@@H]4C[C@@H]4F)cc3c2)c2cn[nH]c12. The number of aromatic nitrogens is 4. The third-order valence-corrected chi connectivity index (χ3v) is 5.60. The van der Waals surface area contributed by atoms with Crippen LogP contribution in [0.3, 0.4) is 0 Å². The minimum absolute atomic E-state index is 0.178. The van der Waals surface area contributed by atoms with Crippen LogP contribution in [0, 0.1) is 11.7 Å². The minimum atomic E-state index is -1.07. The van der Waals surface area contributed by atoms with E-state index in [2.05, 4.69) is 20.6 Å². The summed E-state index contributed by atoms with van der Waals surface area (Å²) in [7, 11) is 0. The van der Waals surface area contributed by atoms with Crippen molar-refractivity contribution in [3.8, 4) is 16.9 Å². The number of aromatic amines is 1. The Balaban J connectivity index is 1.60. The van der Waals surface area contributed by atoms with Gasteiger partial charge in [-0.15, -0.1) is 0 Å². The molecule has 1 aromatic carbocycles. The van der Waals surface area contributed by atoms with Gasteiger partial charge >= 0.3 is 0 Å². The van der Waals surface area contributed by atoms with E-state index in [-0.39, 0.29) is 18.1 Å². The molecule has 0 bridgehead atoms. The van der Waals surface area contributed by atoms with E-state index in [1.807, 2.05) is 26.0 Å². The zero-order valence-electron chi connectivity index (χ0n) is 17.1. The highest BCUT2D eigenvalue weighted by Gasteiger charge is 2.43. The first-order valence-electron chi connectivity index (χ1n) is 10.3. The molecule has 31 heavy (non-hydrogen) atoms. The number of anilines is 1. The maximum absolute atomic E-state index is 15.3. The molecule has 0 spiro atoms. The number of rotatable bonds is 6. The highest BCUT2D eigenvalue weighted by Crippen LogP contribution is 2.40. The van der Waals surface area contributed by atoms with Crippen LogP contribution < -0.4 is 10.1 Å². The lowest BCUT2D eigenvalue weighted by Gasteiger charge is -2.15. The van der Waals surface area contributed by atoms with E-state index in [1.165, 1.54) is 0 Å². The van der Waals surface area contributed by atoms with Crippen molar-refractivity contribution in [1.82, 2.24) is 19.8 Å². The Morgan fingerprint density at radius 3 is 2.90 bits per heavy atom. The summed E-state index contributed by atoms with van der Waals surface area (Å²) in [4.78, 5) is 12.0. The van der Waals surface area contributed by atoms with Gasteiger partial charge in [0.1, 0.15) is 11.7 Å². The van der Waals surface area contributed by atoms with Gasteiger partial charge in [-0.3, -0.25) is 9.89 Å². The van der Waals surface area contributed by atoms with E-state index < -0.39 is 17.9 Å². The number of halogens is 2. The number of ether oxygens (including phenoxy) is 1. The summed E-state index contributed by atoms with van der Waals surface area (Å²) in [6.07, 6.45) is 3.08. The van der Waals surface area contributed by atoms with E-state index in [9.17, 15) is 9.18 Å². The van der Waals surface area contributed by atoms with Crippen molar-refractivity contribution >= 4 is 28.1 Å². The number of nitrogens with one attached hydrogen (secondary N) is 2. The fourth-order valence-electron chi connectivity index (χ4n) is 3.97. The Hall–Kier alpha value is -3.49. The van der Waals surface area contributed by atoms with Crippen molar-refractivity contribution in [2.45, 2.75) is 32.9 Å². The molecule has 5 rings (SSSR count). The van der Waals surface area contributed by atoms with Gasteiger partial charge in [0.05, 0.1) is 24.2 Å². The molecular formula is C22H21F2N5O2. The average Bonchev–Trinajstić information content (AvgIpc) is 3.13. The molecule has 4 aromatic rings. The van der Waals surface area contributed by atoms with Crippen molar-refractivity contribution in [3.05, 3.63) is 42.0 Å². The molecule has 0 radical (unpaired) electrons. The fraction of sp³-hybridized carbons (Fsp3) is 0.318. The molecular weight excluding hydrogens is 404 g/mol. The molecule has 3 aromatic heterocycles. The van der Waals surface area contributed by atoms with Gasteiger partial charge in [-0.05, 0) is 43.0 Å². The van der Waals surface area contributed by atoms with Crippen LogP contribution in [-0.4, -0.2) is 38.5 Å². The van der Waals surface area contributed by atoms with Crippen LogP contribution in [0.5, 0.6) is 5.75 Å². The molecule has 0 saturated heterocycles. The van der Waals surface area contributed by atoms with Crippen molar-refractivity contribution in [3.63, 3.8) is 0 Å². The molecule has 1 saturated carbocycles. The van der Waals surface area contributed by atoms with Crippen molar-refractivity contribution in [2.24, 2.45) is 5.92 Å². The van der Waals surface area contributed by atoms with Crippen molar-refractivity contribution < 1.29 is 18.3 Å². The number of fused-ring (bicyclic) bond motifs is 2. The summed E-state index contributed by atoms with van der Waals surface area (Å²) in [5, 5.41) is 14.7. The van der Waals surface area contributed by atoms with Crippen LogP contribution in [0.1, 0.15) is 25.8 Å². The quantitative estimate of drug-likeness (QED) is 0.483. The predicted molar refractivity (Wildman–Crippen MR) is 112 cm³/mol. The van der Waals surface area contributed by atoms with Crippen molar-refractivity contribution in [2.75, 3.05) is 11.9 Å². The van der Waals surface area contributed by atoms with Gasteiger partial charge < -0.3 is 10.1 Å². The van der Waals surface area contributed by atoms with Gasteiger partial charge in [-0.1, -0.05) is 6.92 Å². The zero-order valence-corrected chi connectivity index (χ0v) is 17.1. The normalized spacial score (nSPS) is 17.9. The summed E-state index contributed by atoms with van der Waals surface area (Å²) in [6, 6.07) is 5.42. The molecule has 160 valence electrons. The number of carbonyl (C=O) groups is 1. The highest BCUT2D eigenvalue weighted by atomic mass is 19.1. The number of alkyl halides is 1. The van der Waals surface area contributed by atoms with Gasteiger partial charge in [0.2, 0.25) is 5.91 Å². The maximum atomic E-state index is 15.3. The smallest absolute Gasteiger partial charge is 0.231 e. The van der Waals surface area contributed by atoms with Crippen LogP contribution in [0.4, 0.5) is 14.6 Å². The molecule has 0 aliphatic heterocycles. The standard InChI is InChI=1S/C22H21F2N5O2/c1-3-13-18(15-10-25-27-20(15)21(19(13)24)31-4-2)11-5-6-29-12(7-11)8-17(28-29)26-22(30)14-9-16(14)23/h5-8,10,14,16H,3-4,9H2,1-2H3,(H,25,27)(H,26,28,30)/t14-,16+/m1/s1. The van der Waals surface area contributed by atoms with Crippen LogP contribution in [0.15, 0.2) is 30.6 Å².